The van der Waals surface area contributed by atoms with E-state index < -0.39 is 10.0 Å². The summed E-state index contributed by atoms with van der Waals surface area (Å²) in [6.45, 7) is 1.33. The number of thiazole rings is 1. The Bertz CT molecular complexity index is 1320. The molecule has 1 saturated carbocycles. The van der Waals surface area contributed by atoms with Crippen molar-refractivity contribution in [1.82, 2.24) is 14.2 Å². The molecule has 0 unspecified atom stereocenters. The van der Waals surface area contributed by atoms with E-state index in [9.17, 15) is 13.2 Å². The van der Waals surface area contributed by atoms with E-state index >= 15 is 0 Å². The summed E-state index contributed by atoms with van der Waals surface area (Å²) in [5.74, 6) is 0.513. The Morgan fingerprint density at radius 2 is 1.71 bits per heavy atom. The van der Waals surface area contributed by atoms with Gasteiger partial charge in [0.2, 0.25) is 10.0 Å². The minimum Gasteiger partial charge on any atom is -0.497 e. The summed E-state index contributed by atoms with van der Waals surface area (Å²) in [7, 11) is 3.66. The average molecular weight is 581 g/mol. The number of rotatable bonds is 10. The summed E-state index contributed by atoms with van der Waals surface area (Å²) in [6, 6.07) is 12.0. The number of hydrogen-bond donors (Lipinski definition) is 0. The molecule has 1 amide bonds. The normalized spacial score (nSPS) is 14.6. The summed E-state index contributed by atoms with van der Waals surface area (Å²) in [5.41, 5.74) is 1.21. The van der Waals surface area contributed by atoms with Crippen molar-refractivity contribution in [2.75, 3.05) is 46.2 Å². The number of nitrogens with zero attached hydrogens (tertiary/aromatic N) is 4. The number of anilines is 1. The van der Waals surface area contributed by atoms with E-state index in [0.717, 1.165) is 55.3 Å². The molecule has 0 saturated heterocycles. The summed E-state index contributed by atoms with van der Waals surface area (Å²) in [5, 5.41) is 0.612. The molecule has 1 aliphatic rings. The summed E-state index contributed by atoms with van der Waals surface area (Å²) >= 11 is 1.46. The highest BCUT2D eigenvalue weighted by Gasteiger charge is 2.29. The zero-order valence-corrected chi connectivity index (χ0v) is 24.9. The lowest BCUT2D eigenvalue weighted by Gasteiger charge is -2.30. The largest absolute Gasteiger partial charge is 0.497 e. The molecule has 208 valence electrons. The molecule has 4 rings (SSSR count). The van der Waals surface area contributed by atoms with Gasteiger partial charge < -0.3 is 9.64 Å². The fourth-order valence-electron chi connectivity index (χ4n) is 4.70. The number of aromatic nitrogens is 1. The number of benzene rings is 2. The number of sulfonamides is 1. The highest BCUT2D eigenvalue weighted by Crippen LogP contribution is 2.32. The first-order chi connectivity index (χ1) is 17.7. The molecule has 0 radical (unpaired) electrons. The number of ether oxygens (including phenoxy) is 1. The van der Waals surface area contributed by atoms with Crippen molar-refractivity contribution < 1.29 is 17.9 Å². The second kappa shape index (κ2) is 13.2. The van der Waals surface area contributed by atoms with Crippen molar-refractivity contribution >= 4 is 55.0 Å². The fourth-order valence-corrected chi connectivity index (χ4v) is 7.09. The molecule has 8 nitrogen and oxygen atoms in total. The summed E-state index contributed by atoms with van der Waals surface area (Å²) < 4.78 is 34.3. The van der Waals surface area contributed by atoms with Crippen LogP contribution in [-0.2, 0) is 10.0 Å². The number of carbonyl (C=O) groups excluding carboxylic acids is 1. The maximum atomic E-state index is 13.7. The first-order valence-electron chi connectivity index (χ1n) is 12.7. The average Bonchev–Trinajstić information content (AvgIpc) is 3.33. The molecule has 2 aromatic carbocycles. The third-order valence-electron chi connectivity index (χ3n) is 6.91. The lowest BCUT2D eigenvalue weighted by Crippen LogP contribution is -2.38. The number of hydrogen-bond acceptors (Lipinski definition) is 7. The molecule has 0 aliphatic heterocycles. The molecular formula is C27H37ClN4O4S2. The predicted molar refractivity (Wildman–Crippen MR) is 157 cm³/mol. The Kier molecular flexibility index (Phi) is 10.5. The van der Waals surface area contributed by atoms with Gasteiger partial charge in [0.25, 0.3) is 5.91 Å². The van der Waals surface area contributed by atoms with Crippen molar-refractivity contribution in [3.63, 3.8) is 0 Å². The fraction of sp³-hybridized carbons (Fsp3) is 0.481. The van der Waals surface area contributed by atoms with Crippen molar-refractivity contribution in [2.24, 2.45) is 0 Å². The lowest BCUT2D eigenvalue weighted by molar-refractivity contribution is 0.0986. The Balaban J connectivity index is 0.00000400. The number of carbonyl (C=O) groups is 1. The van der Waals surface area contributed by atoms with Gasteiger partial charge in [-0.25, -0.2) is 13.4 Å². The van der Waals surface area contributed by atoms with Crippen LogP contribution in [0, 0.1) is 0 Å². The molecule has 3 aromatic rings. The minimum absolute atomic E-state index is 0. The molecule has 38 heavy (non-hydrogen) atoms. The van der Waals surface area contributed by atoms with Crippen molar-refractivity contribution in [2.45, 2.75) is 49.5 Å². The lowest BCUT2D eigenvalue weighted by atomic mass is 9.96. The smallest absolute Gasteiger partial charge is 0.260 e. The topological polar surface area (TPSA) is 83.0 Å². The summed E-state index contributed by atoms with van der Waals surface area (Å²) in [4.78, 5) is 22.4. The second-order valence-electron chi connectivity index (χ2n) is 9.78. The van der Waals surface area contributed by atoms with E-state index in [4.69, 9.17) is 9.72 Å². The van der Waals surface area contributed by atoms with Crippen molar-refractivity contribution in [3.8, 4) is 5.75 Å². The van der Waals surface area contributed by atoms with Gasteiger partial charge in [-0.1, -0.05) is 30.6 Å². The van der Waals surface area contributed by atoms with Gasteiger partial charge in [0.05, 0.1) is 22.2 Å². The van der Waals surface area contributed by atoms with Gasteiger partial charge in [0.15, 0.2) is 5.13 Å². The van der Waals surface area contributed by atoms with Crippen LogP contribution in [-0.4, -0.2) is 75.9 Å². The molecule has 0 atom stereocenters. The van der Waals surface area contributed by atoms with Gasteiger partial charge in [-0.2, -0.15) is 4.31 Å². The van der Waals surface area contributed by atoms with Crippen LogP contribution >= 0.6 is 23.7 Å². The first kappa shape index (κ1) is 30.3. The Hall–Kier alpha value is -2.24. The molecule has 11 heteroatoms. The van der Waals surface area contributed by atoms with Gasteiger partial charge in [-0.05, 0) is 76.3 Å². The zero-order valence-electron chi connectivity index (χ0n) is 22.4. The van der Waals surface area contributed by atoms with E-state index in [2.05, 4.69) is 4.90 Å². The number of halogens is 1. The zero-order chi connectivity index (χ0) is 26.6. The van der Waals surface area contributed by atoms with E-state index in [1.807, 2.05) is 32.3 Å². The molecule has 0 spiro atoms. The highest BCUT2D eigenvalue weighted by atomic mass is 35.5. The van der Waals surface area contributed by atoms with Crippen LogP contribution in [0.5, 0.6) is 5.75 Å². The standard InChI is InChI=1S/C27H36N4O4S2.ClH/c1-29(2)17-8-18-31(27-28-24-19-22(35-4)13-16-25(24)36-27)26(32)20-11-14-23(15-12-20)37(33,34)30(3)21-9-6-5-7-10-21;/h11-16,19,21H,5-10,17-18H2,1-4H3;1H. The van der Waals surface area contributed by atoms with E-state index in [1.165, 1.54) is 15.6 Å². The van der Waals surface area contributed by atoms with Crippen molar-refractivity contribution in [3.05, 3.63) is 48.0 Å². The molecule has 0 bridgehead atoms. The van der Waals surface area contributed by atoms with Crippen molar-refractivity contribution in [1.29, 1.82) is 0 Å². The Labute approximate surface area is 236 Å². The van der Waals surface area contributed by atoms with Gasteiger partial charge >= 0.3 is 0 Å². The van der Waals surface area contributed by atoms with Crippen LogP contribution in [0.25, 0.3) is 10.2 Å². The van der Waals surface area contributed by atoms with Crippen LogP contribution in [0.1, 0.15) is 48.9 Å². The van der Waals surface area contributed by atoms with E-state index in [-0.39, 0.29) is 29.3 Å². The van der Waals surface area contributed by atoms with Crippen LogP contribution in [0.15, 0.2) is 47.4 Å². The minimum atomic E-state index is -3.62. The quantitative estimate of drug-likeness (QED) is 0.324. The SMILES string of the molecule is COc1ccc2sc(N(CCCN(C)C)C(=O)c3ccc(S(=O)(=O)N(C)C4CCCCC4)cc3)nc2c1.Cl. The van der Waals surface area contributed by atoms with E-state index in [1.54, 1.807) is 43.3 Å². The van der Waals surface area contributed by atoms with Crippen LogP contribution in [0.3, 0.4) is 0 Å². The van der Waals surface area contributed by atoms with Gasteiger partial charge in [0.1, 0.15) is 5.75 Å². The second-order valence-corrected chi connectivity index (χ2v) is 12.8. The monoisotopic (exact) mass is 580 g/mol. The van der Waals surface area contributed by atoms with Gasteiger partial charge in [0, 0.05) is 31.3 Å². The molecule has 0 N–H and O–H groups in total. The maximum absolute atomic E-state index is 13.7. The van der Waals surface area contributed by atoms with Crippen LogP contribution < -0.4 is 9.64 Å². The van der Waals surface area contributed by atoms with Gasteiger partial charge in [-0.15, -0.1) is 12.4 Å². The third-order valence-corrected chi connectivity index (χ3v) is 9.90. The van der Waals surface area contributed by atoms with Crippen LogP contribution in [0.2, 0.25) is 0 Å². The Morgan fingerprint density at radius 3 is 2.34 bits per heavy atom. The molecular weight excluding hydrogens is 544 g/mol. The highest BCUT2D eigenvalue weighted by molar-refractivity contribution is 7.89. The number of amides is 1. The first-order valence-corrected chi connectivity index (χ1v) is 15.0. The van der Waals surface area contributed by atoms with Gasteiger partial charge in [-0.3, -0.25) is 9.69 Å². The predicted octanol–water partition coefficient (Wildman–Crippen LogP) is 5.28. The number of fused-ring (bicyclic) bond motifs is 1. The third kappa shape index (κ3) is 6.84. The summed E-state index contributed by atoms with van der Waals surface area (Å²) in [6.07, 6.45) is 5.83. The molecule has 1 aliphatic carbocycles. The molecule has 1 aromatic heterocycles. The molecule has 1 heterocycles. The van der Waals surface area contributed by atoms with Crippen LogP contribution in [0.4, 0.5) is 5.13 Å². The molecule has 1 fully saturated rings. The number of methoxy groups -OCH3 is 1. The van der Waals surface area contributed by atoms with E-state index in [0.29, 0.717) is 23.0 Å². The Morgan fingerprint density at radius 1 is 1.03 bits per heavy atom. The maximum Gasteiger partial charge on any atom is 0.260 e.